The fraction of sp³-hybridized carbons (Fsp3) is 0.333. The summed E-state index contributed by atoms with van der Waals surface area (Å²) in [5.74, 6) is -0.970. The highest BCUT2D eigenvalue weighted by Gasteiger charge is 2.36. The van der Waals surface area contributed by atoms with Gasteiger partial charge in [0.25, 0.3) is 11.8 Å². The second kappa shape index (κ2) is 12.6. The van der Waals surface area contributed by atoms with Crippen LogP contribution in [0.3, 0.4) is 0 Å². The Hall–Kier alpha value is -4.16. The van der Waals surface area contributed by atoms with Crippen molar-refractivity contribution < 1.29 is 28.6 Å². The number of nitrogens with two attached hydrogens (primary N) is 2. The molecule has 2 aromatic carbocycles. The number of nitrogens with zero attached hydrogens (tertiary/aromatic N) is 2. The number of benzene rings is 2. The van der Waals surface area contributed by atoms with Crippen molar-refractivity contribution in [2.75, 3.05) is 33.1 Å². The van der Waals surface area contributed by atoms with Crippen LogP contribution in [0.4, 0.5) is 5.69 Å². The van der Waals surface area contributed by atoms with Gasteiger partial charge in [-0.25, -0.2) is 0 Å². The maximum atomic E-state index is 14.1. The van der Waals surface area contributed by atoms with E-state index in [0.717, 1.165) is 29.9 Å². The number of nitrogens with one attached hydrogen (secondary N) is 1. The summed E-state index contributed by atoms with van der Waals surface area (Å²) < 4.78 is 20.5. The molecule has 2 atom stereocenters. The molecule has 1 saturated heterocycles. The lowest BCUT2D eigenvalue weighted by molar-refractivity contribution is -0.126. The first-order valence-corrected chi connectivity index (χ1v) is 13.1. The van der Waals surface area contributed by atoms with Crippen LogP contribution in [0, 0.1) is 0 Å². The van der Waals surface area contributed by atoms with Crippen molar-refractivity contribution in [2.24, 2.45) is 5.73 Å². The number of primary amides is 1. The van der Waals surface area contributed by atoms with E-state index in [9.17, 15) is 14.4 Å². The normalized spacial score (nSPS) is 15.4. The molecule has 0 saturated carbocycles. The second-order valence-corrected chi connectivity index (χ2v) is 9.73. The van der Waals surface area contributed by atoms with Crippen LogP contribution in [0.15, 0.2) is 48.5 Å². The van der Waals surface area contributed by atoms with Crippen molar-refractivity contribution in [3.8, 4) is 11.5 Å². The van der Waals surface area contributed by atoms with Gasteiger partial charge in [0.1, 0.15) is 10.9 Å². The van der Waals surface area contributed by atoms with Crippen LogP contribution in [0.2, 0.25) is 0 Å². The Kier molecular flexibility index (Phi) is 8.99. The van der Waals surface area contributed by atoms with E-state index < -0.39 is 23.8 Å². The molecular formula is C27H31N5O6S. The SMILES string of the molecule is COc1ccc([C@@H](C(=O)NC[C@H]2CCCO2)N(Cc2ccccc2)C(=O)c2snc(C(N)=O)c2N)cc1OC. The number of amides is 3. The predicted octanol–water partition coefficient (Wildman–Crippen LogP) is 2.52. The number of anilines is 1. The standard InChI is InChI=1S/C27H31N5O6S/c1-36-19-11-10-17(13-20(19)37-2)23(26(34)30-14-18-9-6-12-38-18)32(15-16-7-4-3-5-8-16)27(35)24-21(28)22(25(29)33)31-39-24/h3-5,7-8,10-11,13,18,23H,6,9,12,14-15,28H2,1-2H3,(H2,29,33)(H,30,34)/t18-,23+/m1/s1. The summed E-state index contributed by atoms with van der Waals surface area (Å²) in [6, 6.07) is 13.2. The van der Waals surface area contributed by atoms with Crippen LogP contribution in [0.5, 0.6) is 11.5 Å². The van der Waals surface area contributed by atoms with Gasteiger partial charge in [-0.2, -0.15) is 4.37 Å². The number of methoxy groups -OCH3 is 2. The molecule has 0 radical (unpaired) electrons. The molecule has 206 valence electrons. The Morgan fingerprint density at radius 2 is 1.90 bits per heavy atom. The average Bonchev–Trinajstić information content (AvgIpc) is 3.61. The zero-order chi connectivity index (χ0) is 27.9. The molecule has 1 aromatic heterocycles. The average molecular weight is 554 g/mol. The minimum Gasteiger partial charge on any atom is -0.493 e. The number of rotatable bonds is 11. The summed E-state index contributed by atoms with van der Waals surface area (Å²) in [5, 5.41) is 2.95. The molecule has 5 N–H and O–H groups in total. The molecule has 3 amide bonds. The Labute approximate surface area is 230 Å². The third kappa shape index (κ3) is 6.29. The van der Waals surface area contributed by atoms with Gasteiger partial charge in [0.15, 0.2) is 17.2 Å². The fourth-order valence-electron chi connectivity index (χ4n) is 4.43. The second-order valence-electron chi connectivity index (χ2n) is 8.95. The van der Waals surface area contributed by atoms with Crippen LogP contribution >= 0.6 is 11.5 Å². The lowest BCUT2D eigenvalue weighted by atomic mass is 10.0. The molecule has 1 aliphatic heterocycles. The van der Waals surface area contributed by atoms with E-state index >= 15 is 0 Å². The number of nitrogen functional groups attached to an aromatic ring is 1. The van der Waals surface area contributed by atoms with E-state index in [1.54, 1.807) is 18.2 Å². The van der Waals surface area contributed by atoms with Gasteiger partial charge in [0.05, 0.1) is 26.0 Å². The molecule has 1 fully saturated rings. The third-order valence-corrected chi connectivity index (χ3v) is 7.27. The smallest absolute Gasteiger partial charge is 0.270 e. The summed E-state index contributed by atoms with van der Waals surface area (Å²) in [4.78, 5) is 41.1. The molecule has 3 aromatic rings. The largest absolute Gasteiger partial charge is 0.493 e. The number of aromatic nitrogens is 1. The first kappa shape index (κ1) is 27.9. The maximum absolute atomic E-state index is 14.1. The van der Waals surface area contributed by atoms with E-state index in [1.807, 2.05) is 30.3 Å². The van der Waals surface area contributed by atoms with Gasteiger partial charge in [-0.1, -0.05) is 36.4 Å². The molecule has 0 unspecified atom stereocenters. The van der Waals surface area contributed by atoms with Crippen LogP contribution in [0.25, 0.3) is 0 Å². The van der Waals surface area contributed by atoms with E-state index in [1.165, 1.54) is 19.1 Å². The first-order valence-electron chi connectivity index (χ1n) is 12.3. The molecule has 0 spiro atoms. The van der Waals surface area contributed by atoms with Crippen molar-refractivity contribution >= 4 is 34.9 Å². The number of hydrogen-bond acceptors (Lipinski definition) is 9. The van der Waals surface area contributed by atoms with Crippen molar-refractivity contribution in [3.05, 3.63) is 70.2 Å². The number of carbonyl (C=O) groups is 3. The van der Waals surface area contributed by atoms with E-state index in [-0.39, 0.29) is 28.9 Å². The Morgan fingerprint density at radius 3 is 2.51 bits per heavy atom. The predicted molar refractivity (Wildman–Crippen MR) is 146 cm³/mol. The first-order chi connectivity index (χ1) is 18.8. The molecule has 39 heavy (non-hydrogen) atoms. The molecule has 12 heteroatoms. The molecule has 2 heterocycles. The minimum atomic E-state index is -1.10. The monoisotopic (exact) mass is 553 g/mol. The number of ether oxygens (including phenoxy) is 3. The van der Waals surface area contributed by atoms with Crippen LogP contribution in [0.1, 0.15) is 50.2 Å². The molecule has 1 aliphatic rings. The van der Waals surface area contributed by atoms with Crippen LogP contribution in [-0.2, 0) is 16.1 Å². The van der Waals surface area contributed by atoms with E-state index in [2.05, 4.69) is 9.69 Å². The minimum absolute atomic E-state index is 0.0112. The third-order valence-electron chi connectivity index (χ3n) is 6.42. The highest BCUT2D eigenvalue weighted by Crippen LogP contribution is 2.35. The topological polar surface area (TPSA) is 159 Å². The van der Waals surface area contributed by atoms with Gasteiger partial charge in [0.2, 0.25) is 5.91 Å². The van der Waals surface area contributed by atoms with Gasteiger partial charge < -0.3 is 35.9 Å². The van der Waals surface area contributed by atoms with Gasteiger partial charge in [-0.3, -0.25) is 14.4 Å². The number of carbonyl (C=O) groups excluding carboxylic acids is 3. The highest BCUT2D eigenvalue weighted by molar-refractivity contribution is 7.09. The molecule has 4 rings (SSSR count). The fourth-order valence-corrected chi connectivity index (χ4v) is 5.19. The molecule has 11 nitrogen and oxygen atoms in total. The maximum Gasteiger partial charge on any atom is 0.270 e. The van der Waals surface area contributed by atoms with E-state index in [0.29, 0.717) is 30.2 Å². The summed E-state index contributed by atoms with van der Waals surface area (Å²) in [6.45, 7) is 1.00. The van der Waals surface area contributed by atoms with Crippen molar-refractivity contribution in [2.45, 2.75) is 31.5 Å². The van der Waals surface area contributed by atoms with Crippen molar-refractivity contribution in [1.29, 1.82) is 0 Å². The van der Waals surface area contributed by atoms with Crippen molar-refractivity contribution in [3.63, 3.8) is 0 Å². The zero-order valence-electron chi connectivity index (χ0n) is 21.7. The van der Waals surface area contributed by atoms with E-state index in [4.69, 9.17) is 25.7 Å². The zero-order valence-corrected chi connectivity index (χ0v) is 22.5. The van der Waals surface area contributed by atoms with Crippen molar-refractivity contribution in [1.82, 2.24) is 14.6 Å². The van der Waals surface area contributed by atoms with Gasteiger partial charge in [-0.15, -0.1) is 0 Å². The Morgan fingerprint density at radius 1 is 1.15 bits per heavy atom. The summed E-state index contributed by atoms with van der Waals surface area (Å²) in [6.07, 6.45) is 1.65. The molecular weight excluding hydrogens is 522 g/mol. The highest BCUT2D eigenvalue weighted by atomic mass is 32.1. The summed E-state index contributed by atoms with van der Waals surface area (Å²) >= 11 is 0.760. The van der Waals surface area contributed by atoms with Gasteiger partial charge in [0, 0.05) is 19.7 Å². The molecule has 0 aliphatic carbocycles. The molecule has 0 bridgehead atoms. The number of hydrogen-bond donors (Lipinski definition) is 3. The summed E-state index contributed by atoms with van der Waals surface area (Å²) in [5.41, 5.74) is 12.5. The quantitative estimate of drug-likeness (QED) is 0.327. The summed E-state index contributed by atoms with van der Waals surface area (Å²) in [7, 11) is 3.00. The lowest BCUT2D eigenvalue weighted by Gasteiger charge is -2.32. The van der Waals surface area contributed by atoms with Gasteiger partial charge in [-0.05, 0) is 47.6 Å². The Bertz CT molecular complexity index is 1330. The van der Waals surface area contributed by atoms with Crippen LogP contribution < -0.4 is 26.3 Å². The Balaban J connectivity index is 1.80. The lowest BCUT2D eigenvalue weighted by Crippen LogP contribution is -2.45. The van der Waals surface area contributed by atoms with Crippen LogP contribution in [-0.4, -0.2) is 60.5 Å². The van der Waals surface area contributed by atoms with Gasteiger partial charge >= 0.3 is 0 Å².